The molecule has 0 spiro atoms. The number of amides is 1. The predicted molar refractivity (Wildman–Crippen MR) is 72.9 cm³/mol. The second-order valence-corrected chi connectivity index (χ2v) is 5.42. The molecule has 1 aromatic carbocycles. The number of aliphatic carboxylic acids is 1. The van der Waals surface area contributed by atoms with Crippen LogP contribution in [0.25, 0.3) is 0 Å². The SMILES string of the molecule is CC(C)C(NC(=O)c1ccc(Br)c(Cl)c1)C(=O)O. The number of carbonyl (C=O) groups excluding carboxylic acids is 1. The summed E-state index contributed by atoms with van der Waals surface area (Å²) in [6.45, 7) is 3.46. The van der Waals surface area contributed by atoms with E-state index in [0.717, 1.165) is 0 Å². The average Bonchev–Trinajstić information content (AvgIpc) is 2.28. The van der Waals surface area contributed by atoms with Crippen LogP contribution in [0.2, 0.25) is 5.02 Å². The molecule has 0 aromatic heterocycles. The Morgan fingerprint density at radius 3 is 2.44 bits per heavy atom. The Balaban J connectivity index is 2.87. The van der Waals surface area contributed by atoms with Gasteiger partial charge in [-0.2, -0.15) is 0 Å². The molecule has 4 nitrogen and oxygen atoms in total. The number of hydrogen-bond donors (Lipinski definition) is 2. The van der Waals surface area contributed by atoms with Gasteiger partial charge in [0, 0.05) is 10.0 Å². The summed E-state index contributed by atoms with van der Waals surface area (Å²) in [7, 11) is 0. The summed E-state index contributed by atoms with van der Waals surface area (Å²) < 4.78 is 0.680. The van der Waals surface area contributed by atoms with Gasteiger partial charge in [-0.3, -0.25) is 4.79 Å². The van der Waals surface area contributed by atoms with E-state index < -0.39 is 17.9 Å². The van der Waals surface area contributed by atoms with Crippen molar-refractivity contribution in [3.63, 3.8) is 0 Å². The first-order chi connectivity index (χ1) is 8.32. The molecule has 1 amide bonds. The van der Waals surface area contributed by atoms with Crippen molar-refractivity contribution in [2.24, 2.45) is 5.92 Å². The van der Waals surface area contributed by atoms with Crippen molar-refractivity contribution in [1.29, 1.82) is 0 Å². The summed E-state index contributed by atoms with van der Waals surface area (Å²) in [6.07, 6.45) is 0. The first-order valence-corrected chi connectivity index (χ1v) is 6.48. The van der Waals surface area contributed by atoms with Crippen LogP contribution < -0.4 is 5.32 Å². The van der Waals surface area contributed by atoms with E-state index in [4.69, 9.17) is 16.7 Å². The lowest BCUT2D eigenvalue weighted by Gasteiger charge is -2.17. The number of rotatable bonds is 4. The number of carboxylic acid groups (broad SMARTS) is 1. The Morgan fingerprint density at radius 2 is 2.00 bits per heavy atom. The predicted octanol–water partition coefficient (Wildman–Crippen LogP) is 2.94. The highest BCUT2D eigenvalue weighted by Crippen LogP contribution is 2.23. The van der Waals surface area contributed by atoms with Gasteiger partial charge in [-0.15, -0.1) is 0 Å². The van der Waals surface area contributed by atoms with Gasteiger partial charge in [0.2, 0.25) is 0 Å². The topological polar surface area (TPSA) is 66.4 Å². The molecular weight excluding hydrogens is 321 g/mol. The summed E-state index contributed by atoms with van der Waals surface area (Å²) >= 11 is 9.09. The quantitative estimate of drug-likeness (QED) is 0.889. The lowest BCUT2D eigenvalue weighted by Crippen LogP contribution is -2.44. The maximum absolute atomic E-state index is 11.9. The van der Waals surface area contributed by atoms with Crippen molar-refractivity contribution in [3.05, 3.63) is 33.3 Å². The number of benzene rings is 1. The van der Waals surface area contributed by atoms with E-state index in [2.05, 4.69) is 21.2 Å². The van der Waals surface area contributed by atoms with E-state index in [0.29, 0.717) is 15.1 Å². The molecule has 0 aliphatic rings. The Hall–Kier alpha value is -1.07. The fourth-order valence-corrected chi connectivity index (χ4v) is 1.80. The van der Waals surface area contributed by atoms with Crippen molar-refractivity contribution >= 4 is 39.4 Å². The lowest BCUT2D eigenvalue weighted by atomic mass is 10.0. The van der Waals surface area contributed by atoms with Crippen LogP contribution in [0.3, 0.4) is 0 Å². The second-order valence-electron chi connectivity index (χ2n) is 4.16. The summed E-state index contributed by atoms with van der Waals surface area (Å²) in [5.74, 6) is -1.70. The number of hydrogen-bond acceptors (Lipinski definition) is 2. The summed E-state index contributed by atoms with van der Waals surface area (Å²) in [6, 6.07) is 3.78. The molecule has 0 heterocycles. The van der Waals surface area contributed by atoms with Gasteiger partial charge in [0.05, 0.1) is 5.02 Å². The smallest absolute Gasteiger partial charge is 0.326 e. The molecule has 6 heteroatoms. The van der Waals surface area contributed by atoms with Crippen molar-refractivity contribution in [1.82, 2.24) is 5.32 Å². The summed E-state index contributed by atoms with van der Waals surface area (Å²) in [5, 5.41) is 11.9. The molecule has 0 saturated carbocycles. The van der Waals surface area contributed by atoms with Gasteiger partial charge in [0.25, 0.3) is 5.91 Å². The van der Waals surface area contributed by atoms with Gasteiger partial charge in [0.1, 0.15) is 6.04 Å². The van der Waals surface area contributed by atoms with Crippen LogP contribution in [0.15, 0.2) is 22.7 Å². The van der Waals surface area contributed by atoms with Gasteiger partial charge >= 0.3 is 5.97 Å². The van der Waals surface area contributed by atoms with Gasteiger partial charge in [-0.05, 0) is 40.0 Å². The Morgan fingerprint density at radius 1 is 1.39 bits per heavy atom. The molecular formula is C12H13BrClNO3. The van der Waals surface area contributed by atoms with Gasteiger partial charge in [-0.25, -0.2) is 4.79 Å². The fraction of sp³-hybridized carbons (Fsp3) is 0.333. The van der Waals surface area contributed by atoms with Crippen LogP contribution >= 0.6 is 27.5 Å². The Bertz CT molecular complexity index is 476. The number of nitrogens with one attached hydrogen (secondary N) is 1. The van der Waals surface area contributed by atoms with Crippen molar-refractivity contribution in [2.75, 3.05) is 0 Å². The first-order valence-electron chi connectivity index (χ1n) is 5.31. The standard InChI is InChI=1S/C12H13BrClNO3/c1-6(2)10(12(17)18)15-11(16)7-3-4-8(13)9(14)5-7/h3-6,10H,1-2H3,(H,15,16)(H,17,18). The highest BCUT2D eigenvalue weighted by atomic mass is 79.9. The molecule has 0 bridgehead atoms. The van der Waals surface area contributed by atoms with E-state index in [9.17, 15) is 9.59 Å². The third kappa shape index (κ3) is 3.71. The summed E-state index contributed by atoms with van der Waals surface area (Å²) in [4.78, 5) is 22.9. The molecule has 0 fully saturated rings. The minimum Gasteiger partial charge on any atom is -0.480 e. The van der Waals surface area contributed by atoms with Crippen LogP contribution in [-0.4, -0.2) is 23.0 Å². The Labute approximate surface area is 118 Å². The minimum absolute atomic E-state index is 0.197. The van der Waals surface area contributed by atoms with Crippen LogP contribution in [0, 0.1) is 5.92 Å². The normalized spacial score (nSPS) is 12.3. The van der Waals surface area contributed by atoms with E-state index in [1.54, 1.807) is 26.0 Å². The highest BCUT2D eigenvalue weighted by Gasteiger charge is 2.24. The van der Waals surface area contributed by atoms with Crippen molar-refractivity contribution < 1.29 is 14.7 Å². The van der Waals surface area contributed by atoms with Gasteiger partial charge in [0.15, 0.2) is 0 Å². The number of carboxylic acids is 1. The van der Waals surface area contributed by atoms with E-state index in [1.807, 2.05) is 0 Å². The molecule has 0 saturated heterocycles. The van der Waals surface area contributed by atoms with Crippen LogP contribution in [0.1, 0.15) is 24.2 Å². The maximum Gasteiger partial charge on any atom is 0.326 e. The zero-order valence-corrected chi connectivity index (χ0v) is 12.2. The molecule has 0 aliphatic carbocycles. The molecule has 1 unspecified atom stereocenters. The van der Waals surface area contributed by atoms with Crippen LogP contribution in [-0.2, 0) is 4.79 Å². The lowest BCUT2D eigenvalue weighted by molar-refractivity contribution is -0.140. The molecule has 98 valence electrons. The fourth-order valence-electron chi connectivity index (χ4n) is 1.38. The Kier molecular flexibility index (Phi) is 5.16. The first kappa shape index (κ1) is 15.0. The maximum atomic E-state index is 11.9. The molecule has 0 aliphatic heterocycles. The molecule has 2 N–H and O–H groups in total. The zero-order valence-electron chi connectivity index (χ0n) is 9.91. The second kappa shape index (κ2) is 6.20. The minimum atomic E-state index is -1.05. The highest BCUT2D eigenvalue weighted by molar-refractivity contribution is 9.10. The van der Waals surface area contributed by atoms with Crippen molar-refractivity contribution in [2.45, 2.75) is 19.9 Å². The van der Waals surface area contributed by atoms with Crippen LogP contribution in [0.5, 0.6) is 0 Å². The molecule has 1 rings (SSSR count). The molecule has 18 heavy (non-hydrogen) atoms. The van der Waals surface area contributed by atoms with E-state index >= 15 is 0 Å². The van der Waals surface area contributed by atoms with Gasteiger partial charge in [-0.1, -0.05) is 25.4 Å². The number of carbonyl (C=O) groups is 2. The molecule has 1 atom stereocenters. The average molecular weight is 335 g/mol. The summed E-state index contributed by atoms with van der Waals surface area (Å²) in [5.41, 5.74) is 0.329. The monoisotopic (exact) mass is 333 g/mol. The third-order valence-electron chi connectivity index (χ3n) is 2.40. The molecule has 0 radical (unpaired) electrons. The number of halogens is 2. The molecule has 1 aromatic rings. The zero-order chi connectivity index (χ0) is 13.9. The van der Waals surface area contributed by atoms with E-state index in [1.165, 1.54) is 6.07 Å². The third-order valence-corrected chi connectivity index (χ3v) is 3.63. The van der Waals surface area contributed by atoms with Gasteiger partial charge < -0.3 is 10.4 Å². The van der Waals surface area contributed by atoms with Crippen LogP contribution in [0.4, 0.5) is 0 Å². The van der Waals surface area contributed by atoms with Crippen molar-refractivity contribution in [3.8, 4) is 0 Å². The largest absolute Gasteiger partial charge is 0.480 e. The van der Waals surface area contributed by atoms with E-state index in [-0.39, 0.29) is 5.92 Å².